The van der Waals surface area contributed by atoms with Crippen molar-refractivity contribution in [2.45, 2.75) is 17.9 Å². The minimum absolute atomic E-state index is 0.132. The molecule has 0 N–H and O–H groups in total. The molecule has 0 fully saturated rings. The van der Waals surface area contributed by atoms with Crippen LogP contribution in [-0.2, 0) is 4.79 Å². The van der Waals surface area contributed by atoms with E-state index >= 15 is 0 Å². The second kappa shape index (κ2) is 6.45. The first-order valence-electron chi connectivity index (χ1n) is 5.59. The molecule has 1 atom stereocenters. The number of thiazole rings is 1. The number of aromatic nitrogens is 2. The van der Waals surface area contributed by atoms with Gasteiger partial charge in [0, 0.05) is 17.3 Å². The van der Waals surface area contributed by atoms with Gasteiger partial charge in [-0.2, -0.15) is 5.26 Å². The van der Waals surface area contributed by atoms with Gasteiger partial charge in [0.1, 0.15) is 5.01 Å². The van der Waals surface area contributed by atoms with Gasteiger partial charge in [0.2, 0.25) is 0 Å². The molecule has 96 valence electrons. The second-order valence-electron chi connectivity index (χ2n) is 3.81. The normalized spacial score (nSPS) is 11.8. The van der Waals surface area contributed by atoms with Gasteiger partial charge in [0.05, 0.1) is 16.8 Å². The summed E-state index contributed by atoms with van der Waals surface area (Å²) in [6.45, 7) is 1.85. The number of ketones is 1. The lowest BCUT2D eigenvalue weighted by atomic mass is 10.1. The molecule has 2 aromatic rings. The number of thioether (sulfide) groups is 1. The minimum Gasteiger partial charge on any atom is -0.297 e. The van der Waals surface area contributed by atoms with E-state index in [1.165, 1.54) is 23.1 Å². The van der Waals surface area contributed by atoms with E-state index in [0.717, 1.165) is 10.7 Å². The first kappa shape index (κ1) is 13.7. The summed E-state index contributed by atoms with van der Waals surface area (Å²) < 4.78 is 0. The van der Waals surface area contributed by atoms with Crippen molar-refractivity contribution in [1.29, 1.82) is 5.26 Å². The van der Waals surface area contributed by atoms with Crippen LogP contribution < -0.4 is 0 Å². The van der Waals surface area contributed by atoms with Crippen LogP contribution in [0.5, 0.6) is 0 Å². The summed E-state index contributed by atoms with van der Waals surface area (Å²) >= 11 is 2.69. The fraction of sp³-hybridized carbons (Fsp3) is 0.231. The lowest BCUT2D eigenvalue weighted by Gasteiger charge is -2.04. The highest BCUT2D eigenvalue weighted by atomic mass is 32.2. The van der Waals surface area contributed by atoms with Crippen molar-refractivity contribution < 1.29 is 4.79 Å². The van der Waals surface area contributed by atoms with E-state index in [4.69, 9.17) is 5.26 Å². The highest BCUT2D eigenvalue weighted by Gasteiger charge is 2.23. The third-order valence-electron chi connectivity index (χ3n) is 2.33. The van der Waals surface area contributed by atoms with Crippen molar-refractivity contribution in [3.05, 3.63) is 40.5 Å². The minimum atomic E-state index is -0.769. The van der Waals surface area contributed by atoms with Crippen LogP contribution in [0.1, 0.15) is 16.6 Å². The molecule has 0 radical (unpaired) electrons. The number of rotatable bonds is 5. The van der Waals surface area contributed by atoms with Gasteiger partial charge in [0.25, 0.3) is 0 Å². The van der Waals surface area contributed by atoms with Crippen molar-refractivity contribution in [2.24, 2.45) is 0 Å². The Balaban J connectivity index is 2.00. The average Bonchev–Trinajstić information content (AvgIpc) is 2.85. The van der Waals surface area contributed by atoms with Gasteiger partial charge in [-0.3, -0.25) is 4.79 Å². The molecule has 19 heavy (non-hydrogen) atoms. The molecule has 0 aliphatic heterocycles. The molecule has 0 aromatic carbocycles. The molecular formula is C13H11N3OS2. The second-order valence-corrected chi connectivity index (χ2v) is 5.70. The Kier molecular flexibility index (Phi) is 4.66. The molecule has 6 heteroatoms. The molecule has 0 spiro atoms. The van der Waals surface area contributed by atoms with E-state index in [0.29, 0.717) is 5.01 Å². The van der Waals surface area contributed by atoms with Gasteiger partial charge in [0.15, 0.2) is 11.7 Å². The standard InChI is InChI=1S/C13H11N3OS2/c1-9-7-19-13(16-9)10(6-14)11(17)8-18-12-4-2-3-5-15-12/h2-5,7,10H,8H2,1H3/t10-/m0/s1. The Morgan fingerprint density at radius 3 is 3.00 bits per heavy atom. The summed E-state index contributed by atoms with van der Waals surface area (Å²) in [6.07, 6.45) is 1.68. The van der Waals surface area contributed by atoms with Crippen LogP contribution in [0.25, 0.3) is 0 Å². The first-order chi connectivity index (χ1) is 9.20. The zero-order valence-corrected chi connectivity index (χ0v) is 11.9. The van der Waals surface area contributed by atoms with Crippen molar-refractivity contribution >= 4 is 28.9 Å². The summed E-state index contributed by atoms with van der Waals surface area (Å²) in [5, 5.41) is 12.3. The molecule has 0 saturated carbocycles. The molecule has 2 aromatic heterocycles. The van der Waals surface area contributed by atoms with E-state index in [9.17, 15) is 4.79 Å². The Labute approximate surface area is 119 Å². The Hall–Kier alpha value is -1.71. The highest BCUT2D eigenvalue weighted by molar-refractivity contribution is 7.99. The Morgan fingerprint density at radius 2 is 2.42 bits per heavy atom. The smallest absolute Gasteiger partial charge is 0.167 e. The molecule has 2 heterocycles. The van der Waals surface area contributed by atoms with Crippen LogP contribution in [-0.4, -0.2) is 21.5 Å². The molecule has 0 bridgehead atoms. The van der Waals surface area contributed by atoms with Gasteiger partial charge in [-0.05, 0) is 19.1 Å². The van der Waals surface area contributed by atoms with Crippen LogP contribution in [0, 0.1) is 18.3 Å². The number of hydrogen-bond donors (Lipinski definition) is 0. The SMILES string of the molecule is Cc1csc([C@@H](C#N)C(=O)CSc2ccccn2)n1. The van der Waals surface area contributed by atoms with Gasteiger partial charge in [-0.1, -0.05) is 17.8 Å². The van der Waals surface area contributed by atoms with Gasteiger partial charge >= 0.3 is 0 Å². The van der Waals surface area contributed by atoms with E-state index in [1.807, 2.05) is 36.6 Å². The number of nitrogens with zero attached hydrogens (tertiary/aromatic N) is 3. The van der Waals surface area contributed by atoms with Crippen molar-refractivity contribution in [1.82, 2.24) is 9.97 Å². The lowest BCUT2D eigenvalue weighted by molar-refractivity contribution is -0.116. The Bertz CT molecular complexity index is 604. The number of aryl methyl sites for hydroxylation is 1. The lowest BCUT2D eigenvalue weighted by Crippen LogP contribution is -2.13. The largest absolute Gasteiger partial charge is 0.297 e. The van der Waals surface area contributed by atoms with E-state index in [1.54, 1.807) is 6.20 Å². The van der Waals surface area contributed by atoms with Crippen LogP contribution in [0.3, 0.4) is 0 Å². The monoisotopic (exact) mass is 289 g/mol. The summed E-state index contributed by atoms with van der Waals surface area (Å²) in [7, 11) is 0. The molecule has 4 nitrogen and oxygen atoms in total. The van der Waals surface area contributed by atoms with Crippen LogP contribution in [0.15, 0.2) is 34.8 Å². The zero-order chi connectivity index (χ0) is 13.7. The number of hydrogen-bond acceptors (Lipinski definition) is 6. The number of pyridine rings is 1. The van der Waals surface area contributed by atoms with Gasteiger partial charge in [-0.15, -0.1) is 11.3 Å². The third kappa shape index (κ3) is 3.63. The predicted molar refractivity (Wildman–Crippen MR) is 75.2 cm³/mol. The predicted octanol–water partition coefficient (Wildman–Crippen LogP) is 2.82. The molecule has 0 aliphatic carbocycles. The van der Waals surface area contributed by atoms with Crippen LogP contribution in [0.2, 0.25) is 0 Å². The molecule has 2 rings (SSSR count). The summed E-state index contributed by atoms with van der Waals surface area (Å²) in [5.74, 6) is -0.671. The van der Waals surface area contributed by atoms with Crippen LogP contribution >= 0.6 is 23.1 Å². The fourth-order valence-electron chi connectivity index (χ4n) is 1.43. The molecule has 0 amide bonds. The summed E-state index contributed by atoms with van der Waals surface area (Å²) in [6, 6.07) is 7.56. The average molecular weight is 289 g/mol. The zero-order valence-electron chi connectivity index (χ0n) is 10.2. The van der Waals surface area contributed by atoms with Crippen molar-refractivity contribution in [2.75, 3.05) is 5.75 Å². The van der Waals surface area contributed by atoms with Crippen molar-refractivity contribution in [3.8, 4) is 6.07 Å². The van der Waals surface area contributed by atoms with E-state index in [-0.39, 0.29) is 11.5 Å². The molecule has 0 saturated heterocycles. The molecule has 0 unspecified atom stereocenters. The fourth-order valence-corrected chi connectivity index (χ4v) is 3.06. The van der Waals surface area contributed by atoms with E-state index in [2.05, 4.69) is 9.97 Å². The first-order valence-corrected chi connectivity index (χ1v) is 7.45. The van der Waals surface area contributed by atoms with Crippen molar-refractivity contribution in [3.63, 3.8) is 0 Å². The summed E-state index contributed by atoms with van der Waals surface area (Å²) in [4.78, 5) is 20.4. The van der Waals surface area contributed by atoms with Crippen LogP contribution in [0.4, 0.5) is 0 Å². The van der Waals surface area contributed by atoms with Gasteiger partial charge in [-0.25, -0.2) is 9.97 Å². The maximum atomic E-state index is 12.1. The maximum Gasteiger partial charge on any atom is 0.167 e. The number of carbonyl (C=O) groups is 1. The highest BCUT2D eigenvalue weighted by Crippen LogP contribution is 2.23. The quantitative estimate of drug-likeness (QED) is 0.792. The topological polar surface area (TPSA) is 66.6 Å². The number of nitriles is 1. The maximum absolute atomic E-state index is 12.1. The molecular weight excluding hydrogens is 278 g/mol. The Morgan fingerprint density at radius 1 is 1.58 bits per heavy atom. The van der Waals surface area contributed by atoms with Gasteiger partial charge < -0.3 is 0 Å². The number of carbonyl (C=O) groups excluding carboxylic acids is 1. The number of Topliss-reactive ketones (excluding diaryl/α,β-unsaturated/α-hetero) is 1. The van der Waals surface area contributed by atoms with E-state index < -0.39 is 5.92 Å². The molecule has 0 aliphatic rings. The summed E-state index contributed by atoms with van der Waals surface area (Å²) in [5.41, 5.74) is 0.838. The third-order valence-corrected chi connectivity index (χ3v) is 4.33.